The fourth-order valence-corrected chi connectivity index (χ4v) is 5.76. The van der Waals surface area contributed by atoms with Crippen molar-refractivity contribution >= 4 is 42.6 Å². The number of aryl methyl sites for hydroxylation is 1. The molecule has 0 spiro atoms. The topological polar surface area (TPSA) is 91.8 Å². The number of carbonyl (C=O) groups is 1. The molecule has 1 aromatic heterocycles. The summed E-state index contributed by atoms with van der Waals surface area (Å²) in [7, 11) is -1.57. The fourth-order valence-electron chi connectivity index (χ4n) is 3.31. The normalized spacial score (nSPS) is 15.8. The number of sulfonamides is 1. The number of anilines is 1. The molecule has 3 aromatic rings. The lowest BCUT2D eigenvalue weighted by Crippen LogP contribution is -2.46. The molecule has 2 aromatic carbocycles. The van der Waals surface area contributed by atoms with E-state index in [0.717, 1.165) is 5.56 Å². The van der Waals surface area contributed by atoms with Crippen molar-refractivity contribution in [2.75, 3.05) is 45.2 Å². The summed E-state index contributed by atoms with van der Waals surface area (Å²) in [6.07, 6.45) is 0. The minimum Gasteiger partial charge on any atom is -0.483 e. The monoisotopic (exact) mass is 460 g/mol. The van der Waals surface area contributed by atoms with Crippen LogP contribution in [-0.2, 0) is 14.8 Å². The number of nitrogens with zero attached hydrogens (tertiary/aromatic N) is 3. The second-order valence-corrected chi connectivity index (χ2v) is 10.4. The van der Waals surface area contributed by atoms with Crippen molar-refractivity contribution < 1.29 is 17.9 Å². The molecule has 0 bridgehead atoms. The van der Waals surface area contributed by atoms with Crippen molar-refractivity contribution in [3.63, 3.8) is 0 Å². The van der Waals surface area contributed by atoms with Crippen LogP contribution in [0, 0.1) is 6.92 Å². The summed E-state index contributed by atoms with van der Waals surface area (Å²) in [6.45, 7) is 4.15. The average molecular weight is 461 g/mol. The lowest BCUT2D eigenvalue weighted by molar-refractivity contribution is -0.118. The van der Waals surface area contributed by atoms with Gasteiger partial charge in [0.2, 0.25) is 10.0 Å². The Balaban J connectivity index is 1.45. The summed E-state index contributed by atoms with van der Waals surface area (Å²) in [4.78, 5) is 19.0. The van der Waals surface area contributed by atoms with Gasteiger partial charge in [-0.1, -0.05) is 29.5 Å². The number of nitrogens with one attached hydrogen (secondary N) is 1. The van der Waals surface area contributed by atoms with Gasteiger partial charge in [-0.3, -0.25) is 10.1 Å². The smallest absolute Gasteiger partial charge is 0.264 e. The van der Waals surface area contributed by atoms with E-state index >= 15 is 0 Å². The largest absolute Gasteiger partial charge is 0.483 e. The molecule has 1 aliphatic heterocycles. The van der Waals surface area contributed by atoms with Gasteiger partial charge in [0.15, 0.2) is 11.7 Å². The van der Waals surface area contributed by atoms with Gasteiger partial charge in [-0.05, 0) is 43.8 Å². The van der Waals surface area contributed by atoms with Crippen LogP contribution in [0.15, 0.2) is 47.4 Å². The number of carbonyl (C=O) groups excluding carboxylic acids is 1. The average Bonchev–Trinajstić information content (AvgIpc) is 3.15. The SMILES string of the molecule is Cc1ccccc1OCC(=O)Nc1nc2ccc(S(=O)(=O)N3CCN(C)CC3)cc2s1. The molecular formula is C21H24N4O4S2. The number of hydrogen-bond acceptors (Lipinski definition) is 7. The van der Waals surface area contributed by atoms with E-state index in [1.807, 2.05) is 38.2 Å². The number of ether oxygens (including phenoxy) is 1. The van der Waals surface area contributed by atoms with Crippen molar-refractivity contribution in [3.8, 4) is 5.75 Å². The Morgan fingerprint density at radius 1 is 1.16 bits per heavy atom. The van der Waals surface area contributed by atoms with Gasteiger partial charge in [-0.25, -0.2) is 13.4 Å². The van der Waals surface area contributed by atoms with Crippen LogP contribution in [0.1, 0.15) is 5.56 Å². The van der Waals surface area contributed by atoms with Gasteiger partial charge >= 0.3 is 0 Å². The predicted molar refractivity (Wildman–Crippen MR) is 121 cm³/mol. The molecule has 4 rings (SSSR count). The Bertz CT molecular complexity index is 1200. The van der Waals surface area contributed by atoms with Crippen molar-refractivity contribution in [1.29, 1.82) is 0 Å². The second kappa shape index (κ2) is 8.91. The van der Waals surface area contributed by atoms with Crippen LogP contribution in [0.5, 0.6) is 5.75 Å². The molecular weight excluding hydrogens is 436 g/mol. The van der Waals surface area contributed by atoms with Crippen molar-refractivity contribution in [1.82, 2.24) is 14.2 Å². The van der Waals surface area contributed by atoms with E-state index in [4.69, 9.17) is 4.74 Å². The van der Waals surface area contributed by atoms with Gasteiger partial charge in [0.05, 0.1) is 15.1 Å². The number of amides is 1. The molecule has 1 N–H and O–H groups in total. The van der Waals surface area contributed by atoms with Crippen molar-refractivity contribution in [2.45, 2.75) is 11.8 Å². The minimum atomic E-state index is -3.56. The molecule has 0 saturated carbocycles. The van der Waals surface area contributed by atoms with E-state index in [-0.39, 0.29) is 17.4 Å². The van der Waals surface area contributed by atoms with Crippen LogP contribution in [0.4, 0.5) is 5.13 Å². The molecule has 2 heterocycles. The van der Waals surface area contributed by atoms with Crippen molar-refractivity contribution in [2.24, 2.45) is 0 Å². The Kier molecular flexibility index (Phi) is 6.24. The Morgan fingerprint density at radius 2 is 1.90 bits per heavy atom. The van der Waals surface area contributed by atoms with E-state index in [9.17, 15) is 13.2 Å². The molecule has 164 valence electrons. The quantitative estimate of drug-likeness (QED) is 0.608. The lowest BCUT2D eigenvalue weighted by Gasteiger charge is -2.31. The van der Waals surface area contributed by atoms with E-state index in [1.165, 1.54) is 15.6 Å². The number of fused-ring (bicyclic) bond motifs is 1. The zero-order valence-electron chi connectivity index (χ0n) is 17.4. The lowest BCUT2D eigenvalue weighted by atomic mass is 10.2. The number of aromatic nitrogens is 1. The predicted octanol–water partition coefficient (Wildman–Crippen LogP) is 2.56. The molecule has 8 nitrogen and oxygen atoms in total. The maximum absolute atomic E-state index is 13.0. The summed E-state index contributed by atoms with van der Waals surface area (Å²) < 4.78 is 33.7. The van der Waals surface area contributed by atoms with Gasteiger partial charge in [0.1, 0.15) is 5.75 Å². The highest BCUT2D eigenvalue weighted by Crippen LogP contribution is 2.29. The molecule has 1 amide bonds. The van der Waals surface area contributed by atoms with Gasteiger partial charge in [0.25, 0.3) is 5.91 Å². The van der Waals surface area contributed by atoms with Crippen molar-refractivity contribution in [3.05, 3.63) is 48.0 Å². The standard InChI is InChI=1S/C21H24N4O4S2/c1-15-5-3-4-6-18(15)29-14-20(26)23-21-22-17-8-7-16(13-19(17)30-21)31(27,28)25-11-9-24(2)10-12-25/h3-8,13H,9-12,14H2,1-2H3,(H,22,23,26). The van der Waals surface area contributed by atoms with E-state index in [1.54, 1.807) is 18.2 Å². The Morgan fingerprint density at radius 3 is 2.65 bits per heavy atom. The van der Waals surface area contributed by atoms with Crippen LogP contribution >= 0.6 is 11.3 Å². The zero-order chi connectivity index (χ0) is 22.0. The third kappa shape index (κ3) is 4.87. The maximum atomic E-state index is 13.0. The molecule has 31 heavy (non-hydrogen) atoms. The first-order chi connectivity index (χ1) is 14.8. The summed E-state index contributed by atoms with van der Waals surface area (Å²) in [5.74, 6) is 0.327. The Labute approximate surface area is 185 Å². The number of benzene rings is 2. The molecule has 1 aliphatic rings. The molecule has 0 unspecified atom stereocenters. The third-order valence-electron chi connectivity index (χ3n) is 5.16. The van der Waals surface area contributed by atoms with E-state index < -0.39 is 10.0 Å². The van der Waals surface area contributed by atoms with Gasteiger partial charge < -0.3 is 9.64 Å². The van der Waals surface area contributed by atoms with Crippen LogP contribution in [0.2, 0.25) is 0 Å². The number of thiazole rings is 1. The minimum absolute atomic E-state index is 0.135. The van der Waals surface area contributed by atoms with Crippen LogP contribution in [-0.4, -0.2) is 68.3 Å². The van der Waals surface area contributed by atoms with Crippen LogP contribution < -0.4 is 10.1 Å². The summed E-state index contributed by atoms with van der Waals surface area (Å²) in [5, 5.41) is 3.13. The third-order valence-corrected chi connectivity index (χ3v) is 7.99. The number of hydrogen-bond donors (Lipinski definition) is 1. The number of para-hydroxylation sites is 1. The van der Waals surface area contributed by atoms with Gasteiger partial charge in [-0.2, -0.15) is 4.31 Å². The van der Waals surface area contributed by atoms with Gasteiger partial charge in [-0.15, -0.1) is 0 Å². The first kappa shape index (κ1) is 21.7. The molecule has 10 heteroatoms. The summed E-state index contributed by atoms with van der Waals surface area (Å²) in [5.41, 5.74) is 1.59. The summed E-state index contributed by atoms with van der Waals surface area (Å²) in [6, 6.07) is 12.3. The number of likely N-dealkylation sites (N-methyl/N-ethyl adjacent to an activating group) is 1. The second-order valence-electron chi connectivity index (χ2n) is 7.46. The van der Waals surface area contributed by atoms with Gasteiger partial charge in [0, 0.05) is 26.2 Å². The first-order valence-corrected chi connectivity index (χ1v) is 12.2. The number of piperazine rings is 1. The highest BCUT2D eigenvalue weighted by Gasteiger charge is 2.27. The molecule has 1 fully saturated rings. The molecule has 1 saturated heterocycles. The first-order valence-electron chi connectivity index (χ1n) is 9.90. The number of rotatable bonds is 6. The highest BCUT2D eigenvalue weighted by atomic mass is 32.2. The Hall–Kier alpha value is -2.53. The van der Waals surface area contributed by atoms with E-state index in [0.29, 0.717) is 47.3 Å². The maximum Gasteiger partial charge on any atom is 0.264 e. The van der Waals surface area contributed by atoms with Crippen LogP contribution in [0.3, 0.4) is 0 Å². The molecule has 0 aliphatic carbocycles. The summed E-state index contributed by atoms with van der Waals surface area (Å²) >= 11 is 1.24. The molecule has 0 atom stereocenters. The fraction of sp³-hybridized carbons (Fsp3) is 0.333. The van der Waals surface area contributed by atoms with Crippen LogP contribution in [0.25, 0.3) is 10.2 Å². The highest BCUT2D eigenvalue weighted by molar-refractivity contribution is 7.89. The zero-order valence-corrected chi connectivity index (χ0v) is 19.0. The molecule has 0 radical (unpaired) electrons. The van der Waals surface area contributed by atoms with E-state index in [2.05, 4.69) is 15.2 Å².